The molecule has 0 aromatic carbocycles. The molecular formula is C22H48N2. The second-order valence-electron chi connectivity index (χ2n) is 9.10. The summed E-state index contributed by atoms with van der Waals surface area (Å²) in [5.41, 5.74) is 0. The maximum absolute atomic E-state index is 3.89. The molecule has 2 N–H and O–H groups in total. The molecule has 2 unspecified atom stereocenters. The Labute approximate surface area is 154 Å². The Morgan fingerprint density at radius 2 is 0.958 bits per heavy atom. The van der Waals surface area contributed by atoms with Gasteiger partial charge in [0, 0.05) is 18.1 Å². The average molecular weight is 341 g/mol. The van der Waals surface area contributed by atoms with Crippen molar-refractivity contribution in [2.75, 3.05) is 7.05 Å². The van der Waals surface area contributed by atoms with Crippen molar-refractivity contribution in [2.24, 2.45) is 35.5 Å². The van der Waals surface area contributed by atoms with Gasteiger partial charge in [-0.2, -0.15) is 0 Å². The molecule has 0 spiro atoms. The summed E-state index contributed by atoms with van der Waals surface area (Å²) in [6.45, 7) is 23.9. The van der Waals surface area contributed by atoms with Gasteiger partial charge in [-0.25, -0.2) is 0 Å². The van der Waals surface area contributed by atoms with Gasteiger partial charge >= 0.3 is 0 Å². The van der Waals surface area contributed by atoms with Crippen LogP contribution in [0.3, 0.4) is 0 Å². The zero-order valence-corrected chi connectivity index (χ0v) is 18.6. The minimum Gasteiger partial charge on any atom is -0.317 e. The predicted molar refractivity (Wildman–Crippen MR) is 110 cm³/mol. The van der Waals surface area contributed by atoms with E-state index in [4.69, 9.17) is 0 Å². The van der Waals surface area contributed by atoms with Crippen LogP contribution in [0.2, 0.25) is 0 Å². The summed E-state index contributed by atoms with van der Waals surface area (Å²) in [4.78, 5) is 0. The minimum absolute atomic E-state index is 0.549. The van der Waals surface area contributed by atoms with Gasteiger partial charge in [-0.1, -0.05) is 69.2 Å². The quantitative estimate of drug-likeness (QED) is 0.485. The molecule has 24 heavy (non-hydrogen) atoms. The molecule has 0 aliphatic rings. The molecule has 0 rings (SSSR count). The van der Waals surface area contributed by atoms with Crippen molar-refractivity contribution in [2.45, 2.75) is 100 Å². The van der Waals surface area contributed by atoms with E-state index >= 15 is 0 Å². The molecular weight excluding hydrogens is 292 g/mol. The molecule has 0 aliphatic heterocycles. The van der Waals surface area contributed by atoms with Gasteiger partial charge in [0.25, 0.3) is 0 Å². The van der Waals surface area contributed by atoms with Crippen molar-refractivity contribution in [3.8, 4) is 0 Å². The first-order valence-electron chi connectivity index (χ1n) is 10.5. The third kappa shape index (κ3) is 6.67. The van der Waals surface area contributed by atoms with Crippen molar-refractivity contribution < 1.29 is 0 Å². The normalized spacial score (nSPS) is 19.1. The van der Waals surface area contributed by atoms with Crippen LogP contribution in [0, 0.1) is 35.5 Å². The lowest BCUT2D eigenvalue weighted by Gasteiger charge is -2.47. The van der Waals surface area contributed by atoms with Crippen LogP contribution >= 0.6 is 0 Å². The standard InChI is InChI=1S/C22H48N2/c1-12-18(23-11)20(14(3)4)22(16(7)8)21(15(5)6)19(13-2)24-17(9)10/h14-24H,12-13H2,1-11H3/t18-,19-,20-,21?,22?/m1/s1. The summed E-state index contributed by atoms with van der Waals surface area (Å²) in [7, 11) is 2.15. The fourth-order valence-electron chi connectivity index (χ4n) is 5.10. The van der Waals surface area contributed by atoms with Crippen LogP contribution in [-0.4, -0.2) is 25.2 Å². The van der Waals surface area contributed by atoms with Gasteiger partial charge in [-0.05, 0) is 55.4 Å². The maximum Gasteiger partial charge on any atom is 0.0100 e. The summed E-state index contributed by atoms with van der Waals surface area (Å²) < 4.78 is 0. The molecule has 0 aliphatic carbocycles. The van der Waals surface area contributed by atoms with Gasteiger partial charge in [0.1, 0.15) is 0 Å². The Bertz CT molecular complexity index is 305. The zero-order valence-electron chi connectivity index (χ0n) is 18.6. The first kappa shape index (κ1) is 23.9. The van der Waals surface area contributed by atoms with Gasteiger partial charge in [-0.15, -0.1) is 0 Å². The monoisotopic (exact) mass is 340 g/mol. The first-order chi connectivity index (χ1) is 11.1. The van der Waals surface area contributed by atoms with Crippen LogP contribution in [0.5, 0.6) is 0 Å². The Morgan fingerprint density at radius 1 is 0.583 bits per heavy atom. The number of hydrogen-bond acceptors (Lipinski definition) is 2. The van der Waals surface area contributed by atoms with Crippen LogP contribution < -0.4 is 10.6 Å². The van der Waals surface area contributed by atoms with Crippen LogP contribution in [0.15, 0.2) is 0 Å². The molecule has 2 heteroatoms. The summed E-state index contributed by atoms with van der Waals surface area (Å²) in [6.07, 6.45) is 2.42. The van der Waals surface area contributed by atoms with Gasteiger partial charge in [0.2, 0.25) is 0 Å². The molecule has 0 fully saturated rings. The molecule has 0 heterocycles. The van der Waals surface area contributed by atoms with Gasteiger partial charge < -0.3 is 10.6 Å². The lowest BCUT2D eigenvalue weighted by atomic mass is 9.62. The van der Waals surface area contributed by atoms with E-state index in [1.807, 2.05) is 0 Å². The van der Waals surface area contributed by atoms with Crippen molar-refractivity contribution in [3.05, 3.63) is 0 Å². The zero-order chi connectivity index (χ0) is 19.0. The molecule has 0 amide bonds. The van der Waals surface area contributed by atoms with Crippen molar-refractivity contribution in [1.82, 2.24) is 10.6 Å². The van der Waals surface area contributed by atoms with Crippen LogP contribution in [0.4, 0.5) is 0 Å². The van der Waals surface area contributed by atoms with E-state index in [1.54, 1.807) is 0 Å². The van der Waals surface area contributed by atoms with E-state index < -0.39 is 0 Å². The maximum atomic E-state index is 3.89. The SMILES string of the molecule is CC[C@@H](NC(C)C)C(C(C)C)C(C(C)C)[C@H](C(C)C)[C@@H](CC)NC. The van der Waals surface area contributed by atoms with Gasteiger partial charge in [0.05, 0.1) is 0 Å². The molecule has 0 bridgehead atoms. The van der Waals surface area contributed by atoms with E-state index in [0.717, 1.165) is 11.8 Å². The summed E-state index contributed by atoms with van der Waals surface area (Å²) in [5.74, 6) is 4.27. The van der Waals surface area contributed by atoms with Gasteiger partial charge in [-0.3, -0.25) is 0 Å². The minimum atomic E-state index is 0.549. The third-order valence-electron chi connectivity index (χ3n) is 5.93. The van der Waals surface area contributed by atoms with Crippen molar-refractivity contribution >= 4 is 0 Å². The van der Waals surface area contributed by atoms with E-state index in [1.165, 1.54) is 12.8 Å². The number of rotatable bonds is 12. The highest BCUT2D eigenvalue weighted by molar-refractivity contribution is 4.93. The highest BCUT2D eigenvalue weighted by Crippen LogP contribution is 2.41. The second-order valence-corrected chi connectivity index (χ2v) is 9.10. The summed E-state index contributed by atoms with van der Waals surface area (Å²) in [5, 5.41) is 7.53. The topological polar surface area (TPSA) is 24.1 Å². The summed E-state index contributed by atoms with van der Waals surface area (Å²) >= 11 is 0. The number of nitrogens with one attached hydrogen (secondary N) is 2. The molecule has 0 radical (unpaired) electrons. The Balaban J connectivity index is 5.89. The molecule has 0 saturated heterocycles. The van der Waals surface area contributed by atoms with Crippen molar-refractivity contribution in [3.63, 3.8) is 0 Å². The first-order valence-corrected chi connectivity index (χ1v) is 10.5. The lowest BCUT2D eigenvalue weighted by molar-refractivity contribution is 0.0423. The van der Waals surface area contributed by atoms with Crippen LogP contribution in [0.25, 0.3) is 0 Å². The fraction of sp³-hybridized carbons (Fsp3) is 1.00. The second kappa shape index (κ2) is 11.5. The average Bonchev–Trinajstić information content (AvgIpc) is 2.47. The van der Waals surface area contributed by atoms with E-state index in [0.29, 0.717) is 41.8 Å². The Kier molecular flexibility index (Phi) is 11.5. The van der Waals surface area contributed by atoms with E-state index in [-0.39, 0.29) is 0 Å². The third-order valence-corrected chi connectivity index (χ3v) is 5.93. The molecule has 2 nitrogen and oxygen atoms in total. The Hall–Kier alpha value is -0.0800. The largest absolute Gasteiger partial charge is 0.317 e. The molecule has 146 valence electrons. The molecule has 0 saturated carbocycles. The summed E-state index contributed by atoms with van der Waals surface area (Å²) in [6, 6.07) is 1.76. The smallest absolute Gasteiger partial charge is 0.0100 e. The van der Waals surface area contributed by atoms with E-state index in [9.17, 15) is 0 Å². The Morgan fingerprint density at radius 3 is 1.21 bits per heavy atom. The molecule has 0 aromatic heterocycles. The highest BCUT2D eigenvalue weighted by Gasteiger charge is 2.41. The predicted octanol–water partition coefficient (Wildman–Crippen LogP) is 5.58. The van der Waals surface area contributed by atoms with Gasteiger partial charge in [0.15, 0.2) is 0 Å². The lowest BCUT2D eigenvalue weighted by Crippen LogP contribution is -2.52. The molecule has 0 aromatic rings. The number of hydrogen-bond donors (Lipinski definition) is 2. The highest BCUT2D eigenvalue weighted by atomic mass is 15.0. The van der Waals surface area contributed by atoms with Crippen LogP contribution in [0.1, 0.15) is 82.1 Å². The van der Waals surface area contributed by atoms with Crippen LogP contribution in [-0.2, 0) is 0 Å². The molecule has 5 atom stereocenters. The fourth-order valence-corrected chi connectivity index (χ4v) is 5.10. The van der Waals surface area contributed by atoms with Crippen molar-refractivity contribution in [1.29, 1.82) is 0 Å². The van der Waals surface area contributed by atoms with E-state index in [2.05, 4.69) is 86.9 Å².